The Bertz CT molecular complexity index is 876. The number of nitrogens with one attached hydrogen (secondary N) is 1. The molecular formula is C19H25F2IN6O2. The predicted octanol–water partition coefficient (Wildman–Crippen LogP) is 2.11. The third kappa shape index (κ3) is 6.28. The van der Waals surface area contributed by atoms with E-state index in [1.54, 1.807) is 41.0 Å². The van der Waals surface area contributed by atoms with Crippen LogP contribution in [0.5, 0.6) is 5.75 Å². The summed E-state index contributed by atoms with van der Waals surface area (Å²) in [5, 5.41) is 7.32. The molecule has 0 atom stereocenters. The lowest BCUT2D eigenvalue weighted by Gasteiger charge is -2.35. The fraction of sp³-hybridized carbons (Fsp3) is 0.421. The average molecular weight is 534 g/mol. The quantitative estimate of drug-likeness (QED) is 0.349. The van der Waals surface area contributed by atoms with E-state index in [0.29, 0.717) is 31.3 Å². The Morgan fingerprint density at radius 2 is 2.17 bits per heavy atom. The first-order valence-corrected chi connectivity index (χ1v) is 9.20. The third-order valence-electron chi connectivity index (χ3n) is 4.46. The predicted molar refractivity (Wildman–Crippen MR) is 121 cm³/mol. The highest BCUT2D eigenvalue weighted by atomic mass is 127. The van der Waals surface area contributed by atoms with Crippen LogP contribution in [0.4, 0.5) is 14.5 Å². The summed E-state index contributed by atoms with van der Waals surface area (Å²) in [6, 6.07) is 6.95. The van der Waals surface area contributed by atoms with Gasteiger partial charge in [-0.1, -0.05) is 12.1 Å². The molecule has 0 saturated carbocycles. The molecule has 30 heavy (non-hydrogen) atoms. The van der Waals surface area contributed by atoms with Crippen LogP contribution in [0.25, 0.3) is 0 Å². The Balaban J connectivity index is 0.00000320. The van der Waals surface area contributed by atoms with Crippen molar-refractivity contribution in [3.63, 3.8) is 0 Å². The van der Waals surface area contributed by atoms with E-state index in [1.165, 1.54) is 0 Å². The van der Waals surface area contributed by atoms with Crippen LogP contribution in [0.15, 0.2) is 41.7 Å². The molecule has 0 aliphatic carbocycles. The van der Waals surface area contributed by atoms with Gasteiger partial charge in [0.15, 0.2) is 5.96 Å². The van der Waals surface area contributed by atoms with Gasteiger partial charge in [0.1, 0.15) is 18.9 Å². The Morgan fingerprint density at radius 1 is 1.37 bits per heavy atom. The minimum atomic E-state index is -2.52. The number of halogens is 3. The number of aromatic nitrogens is 2. The molecule has 164 valence electrons. The second kappa shape index (κ2) is 11.1. The van der Waals surface area contributed by atoms with E-state index in [0.717, 1.165) is 11.3 Å². The number of nitrogens with zero attached hydrogens (tertiary/aromatic N) is 5. The van der Waals surface area contributed by atoms with Gasteiger partial charge in [0.2, 0.25) is 5.91 Å². The highest BCUT2D eigenvalue weighted by molar-refractivity contribution is 14.0. The number of carbonyl (C=O) groups is 1. The number of guanidine groups is 1. The van der Waals surface area contributed by atoms with Crippen molar-refractivity contribution in [3.05, 3.63) is 42.2 Å². The molecule has 1 aromatic carbocycles. The maximum atomic E-state index is 12.6. The Hall–Kier alpha value is -2.44. The number of rotatable bonds is 6. The first-order valence-electron chi connectivity index (χ1n) is 9.20. The number of anilines is 1. The molecule has 1 amide bonds. The molecule has 0 bridgehead atoms. The smallest absolute Gasteiger partial charge is 0.272 e. The van der Waals surface area contributed by atoms with E-state index < -0.39 is 13.0 Å². The highest BCUT2D eigenvalue weighted by Crippen LogP contribution is 2.17. The fourth-order valence-corrected chi connectivity index (χ4v) is 3.09. The van der Waals surface area contributed by atoms with Crippen molar-refractivity contribution in [2.45, 2.75) is 13.0 Å². The largest absolute Gasteiger partial charge is 0.488 e. The van der Waals surface area contributed by atoms with E-state index in [-0.39, 0.29) is 36.4 Å². The average Bonchev–Trinajstić information content (AvgIpc) is 3.13. The van der Waals surface area contributed by atoms with Gasteiger partial charge in [0, 0.05) is 39.9 Å². The Kier molecular flexibility index (Phi) is 8.81. The summed E-state index contributed by atoms with van der Waals surface area (Å²) in [6.45, 7) is 1.14. The van der Waals surface area contributed by atoms with Crippen LogP contribution in [0, 0.1) is 0 Å². The Labute approximate surface area is 190 Å². The monoisotopic (exact) mass is 534 g/mol. The van der Waals surface area contributed by atoms with Gasteiger partial charge in [-0.3, -0.25) is 14.5 Å². The van der Waals surface area contributed by atoms with Crippen LogP contribution in [-0.4, -0.2) is 66.3 Å². The second-order valence-corrected chi connectivity index (χ2v) is 6.59. The number of benzene rings is 1. The van der Waals surface area contributed by atoms with Crippen molar-refractivity contribution in [2.24, 2.45) is 12.0 Å². The van der Waals surface area contributed by atoms with E-state index in [9.17, 15) is 13.6 Å². The molecule has 1 aliphatic rings. The zero-order chi connectivity index (χ0) is 20.8. The topological polar surface area (TPSA) is 75.0 Å². The lowest BCUT2D eigenvalue weighted by atomic mass is 10.2. The van der Waals surface area contributed by atoms with Gasteiger partial charge in [-0.05, 0) is 17.7 Å². The van der Waals surface area contributed by atoms with Crippen LogP contribution in [-0.2, 0) is 18.4 Å². The van der Waals surface area contributed by atoms with Gasteiger partial charge in [0.05, 0.1) is 11.9 Å². The second-order valence-electron chi connectivity index (χ2n) is 6.59. The summed E-state index contributed by atoms with van der Waals surface area (Å²) in [5.41, 5.74) is 1.64. The zero-order valence-electron chi connectivity index (χ0n) is 16.8. The maximum absolute atomic E-state index is 12.6. The standard InChI is InChI=1S/C19H24F2N6O2.HI/c1-22-19(23-9-14-4-3-5-16(8-14)29-13-17(20)21)26-6-7-27(18(28)12-26)15-10-24-25(2)11-15;/h3-5,8,10-11,17H,6-7,9,12-13H2,1-2H3,(H,22,23);1H. The van der Waals surface area contributed by atoms with E-state index in [2.05, 4.69) is 15.4 Å². The van der Waals surface area contributed by atoms with Crippen molar-refractivity contribution in [2.75, 3.05) is 38.2 Å². The highest BCUT2D eigenvalue weighted by Gasteiger charge is 2.27. The van der Waals surface area contributed by atoms with Gasteiger partial charge in [-0.25, -0.2) is 8.78 Å². The van der Waals surface area contributed by atoms with Gasteiger partial charge >= 0.3 is 0 Å². The maximum Gasteiger partial charge on any atom is 0.272 e. The number of alkyl halides is 2. The van der Waals surface area contributed by atoms with Crippen molar-refractivity contribution in [1.29, 1.82) is 0 Å². The number of hydrogen-bond donors (Lipinski definition) is 1. The van der Waals surface area contributed by atoms with Gasteiger partial charge < -0.3 is 19.9 Å². The van der Waals surface area contributed by atoms with Crippen molar-refractivity contribution in [3.8, 4) is 5.75 Å². The summed E-state index contributed by atoms with van der Waals surface area (Å²) in [5.74, 6) is 0.956. The molecule has 0 radical (unpaired) electrons. The summed E-state index contributed by atoms with van der Waals surface area (Å²) in [6.07, 6.45) is 0.964. The molecule has 2 heterocycles. The van der Waals surface area contributed by atoms with Crippen molar-refractivity contribution >= 4 is 41.5 Å². The number of carbonyl (C=O) groups excluding carboxylic acids is 1. The molecule has 0 spiro atoms. The molecule has 1 aliphatic heterocycles. The summed E-state index contributed by atoms with van der Waals surface area (Å²) in [7, 11) is 3.46. The molecule has 1 aromatic heterocycles. The van der Waals surface area contributed by atoms with E-state index in [1.807, 2.05) is 24.2 Å². The Morgan fingerprint density at radius 3 is 2.80 bits per heavy atom. The number of piperazine rings is 1. The fourth-order valence-electron chi connectivity index (χ4n) is 3.09. The lowest BCUT2D eigenvalue weighted by molar-refractivity contribution is -0.120. The number of amides is 1. The van der Waals surface area contributed by atoms with Gasteiger partial charge in [-0.15, -0.1) is 24.0 Å². The van der Waals surface area contributed by atoms with Crippen LogP contribution < -0.4 is 15.0 Å². The molecular weight excluding hydrogens is 509 g/mol. The van der Waals surface area contributed by atoms with Crippen LogP contribution in [0.2, 0.25) is 0 Å². The molecule has 2 aromatic rings. The minimum Gasteiger partial charge on any atom is -0.488 e. The zero-order valence-corrected chi connectivity index (χ0v) is 19.1. The van der Waals surface area contributed by atoms with Crippen molar-refractivity contribution in [1.82, 2.24) is 20.0 Å². The number of aliphatic imine (C=N–C) groups is 1. The lowest BCUT2D eigenvalue weighted by Crippen LogP contribution is -2.55. The van der Waals surface area contributed by atoms with Crippen LogP contribution in [0.3, 0.4) is 0 Å². The first kappa shape index (κ1) is 23.8. The normalized spacial score (nSPS) is 14.7. The van der Waals surface area contributed by atoms with Gasteiger partial charge in [-0.2, -0.15) is 5.10 Å². The molecule has 1 fully saturated rings. The van der Waals surface area contributed by atoms with Crippen LogP contribution in [0.1, 0.15) is 5.56 Å². The minimum absolute atomic E-state index is 0. The number of ether oxygens (including phenoxy) is 1. The van der Waals surface area contributed by atoms with Crippen molar-refractivity contribution < 1.29 is 18.3 Å². The SMILES string of the molecule is CN=C(NCc1cccc(OCC(F)F)c1)N1CCN(c2cnn(C)c2)C(=O)C1.I. The molecule has 8 nitrogen and oxygen atoms in total. The van der Waals surface area contributed by atoms with Gasteiger partial charge in [0.25, 0.3) is 6.43 Å². The third-order valence-corrected chi connectivity index (χ3v) is 4.46. The molecule has 11 heteroatoms. The first-order chi connectivity index (χ1) is 14.0. The van der Waals surface area contributed by atoms with E-state index in [4.69, 9.17) is 4.74 Å². The number of aryl methyl sites for hydroxylation is 1. The van der Waals surface area contributed by atoms with E-state index >= 15 is 0 Å². The molecule has 1 saturated heterocycles. The summed E-state index contributed by atoms with van der Waals surface area (Å²) in [4.78, 5) is 20.4. The summed E-state index contributed by atoms with van der Waals surface area (Å²) < 4.78 is 31.3. The molecule has 0 unspecified atom stereocenters. The molecule has 3 rings (SSSR count). The number of hydrogen-bond acceptors (Lipinski definition) is 4. The molecule has 1 N–H and O–H groups in total. The summed E-state index contributed by atoms with van der Waals surface area (Å²) >= 11 is 0. The van der Waals surface area contributed by atoms with Crippen LogP contribution >= 0.6 is 24.0 Å².